The second-order valence-corrected chi connectivity index (χ2v) is 6.99. The third-order valence-corrected chi connectivity index (χ3v) is 4.96. The van der Waals surface area contributed by atoms with Crippen LogP contribution in [-0.4, -0.2) is 19.5 Å². The second-order valence-electron chi connectivity index (χ2n) is 5.74. The Morgan fingerprint density at radius 1 is 1.19 bits per heavy atom. The first kappa shape index (κ1) is 17.0. The molecule has 0 aliphatic carbocycles. The molecule has 0 fully saturated rings. The van der Waals surface area contributed by atoms with Gasteiger partial charge >= 0.3 is 0 Å². The largest absolute Gasteiger partial charge is 0.468 e. The van der Waals surface area contributed by atoms with Crippen LogP contribution in [-0.2, 0) is 0 Å². The first-order valence-corrected chi connectivity index (χ1v) is 9.15. The molecule has 4 rings (SSSR count). The highest BCUT2D eigenvalue weighted by molar-refractivity contribution is 9.10. The molecule has 26 heavy (non-hydrogen) atoms. The van der Waals surface area contributed by atoms with Crippen molar-refractivity contribution in [3.63, 3.8) is 0 Å². The van der Waals surface area contributed by atoms with E-state index in [9.17, 15) is 0 Å². The summed E-state index contributed by atoms with van der Waals surface area (Å²) in [5, 5.41) is 0.962. The van der Waals surface area contributed by atoms with Gasteiger partial charge in [-0.2, -0.15) is 0 Å². The number of aryl methyl sites for hydroxylation is 1. The zero-order valence-electron chi connectivity index (χ0n) is 13.8. The number of imidazole rings is 1. The first-order valence-electron chi connectivity index (χ1n) is 7.92. The Bertz CT molecular complexity index is 1070. The van der Waals surface area contributed by atoms with Crippen molar-refractivity contribution >= 4 is 38.4 Å². The number of para-hydroxylation sites is 1. The van der Waals surface area contributed by atoms with Crippen LogP contribution < -0.4 is 4.74 Å². The Kier molecular flexibility index (Phi) is 4.61. The summed E-state index contributed by atoms with van der Waals surface area (Å²) in [4.78, 5) is 12.9. The molecular formula is C19H14BrClN4O. The summed E-state index contributed by atoms with van der Waals surface area (Å²) in [7, 11) is 0. The van der Waals surface area contributed by atoms with Gasteiger partial charge in [-0.05, 0) is 41.1 Å². The van der Waals surface area contributed by atoms with Gasteiger partial charge in [0.05, 0.1) is 12.0 Å². The number of rotatable bonds is 4. The molecule has 0 aliphatic rings. The van der Waals surface area contributed by atoms with Crippen molar-refractivity contribution < 1.29 is 4.74 Å². The van der Waals surface area contributed by atoms with E-state index in [-0.39, 0.29) is 0 Å². The summed E-state index contributed by atoms with van der Waals surface area (Å²) >= 11 is 9.96. The van der Waals surface area contributed by atoms with Gasteiger partial charge in [0, 0.05) is 45.9 Å². The van der Waals surface area contributed by atoms with Gasteiger partial charge in [0.15, 0.2) is 5.56 Å². The van der Waals surface area contributed by atoms with E-state index in [1.165, 1.54) is 0 Å². The third kappa shape index (κ3) is 3.18. The van der Waals surface area contributed by atoms with Gasteiger partial charge in [0.25, 0.3) is 0 Å². The minimum absolute atomic E-state index is 0.622. The van der Waals surface area contributed by atoms with Crippen molar-refractivity contribution in [2.24, 2.45) is 0 Å². The van der Waals surface area contributed by atoms with Gasteiger partial charge in [-0.25, -0.2) is 9.97 Å². The Morgan fingerprint density at radius 2 is 2.08 bits per heavy atom. The Hall–Kier alpha value is -2.44. The van der Waals surface area contributed by atoms with E-state index in [4.69, 9.17) is 16.3 Å². The van der Waals surface area contributed by atoms with Gasteiger partial charge < -0.3 is 9.30 Å². The standard InChI is InChI=1S/C19H14BrClN4O/c1-12-9-16(25-8-7-23-11-25)14-3-2-4-17(18(14)24-12)26-19(21)13-5-6-22-10-15(13)20/h2-11,19H,1H3/t19-/m1/s1. The fourth-order valence-electron chi connectivity index (χ4n) is 2.78. The minimum atomic E-state index is -0.669. The predicted octanol–water partition coefficient (Wildman–Crippen LogP) is 5.20. The summed E-state index contributed by atoms with van der Waals surface area (Å²) in [5.41, 5.74) is 2.77. The van der Waals surface area contributed by atoms with Crippen LogP contribution in [0.1, 0.15) is 16.8 Å². The van der Waals surface area contributed by atoms with Gasteiger partial charge in [-0.15, -0.1) is 0 Å². The Morgan fingerprint density at radius 3 is 2.85 bits per heavy atom. The Balaban J connectivity index is 1.80. The molecule has 1 aromatic carbocycles. The maximum absolute atomic E-state index is 6.50. The number of halogens is 2. The normalized spacial score (nSPS) is 12.3. The number of nitrogens with zero attached hydrogens (tertiary/aromatic N) is 4. The molecule has 5 nitrogen and oxygen atoms in total. The van der Waals surface area contributed by atoms with Crippen molar-refractivity contribution in [3.8, 4) is 11.4 Å². The molecule has 3 aromatic heterocycles. The van der Waals surface area contributed by atoms with E-state index in [0.29, 0.717) is 5.75 Å². The molecule has 7 heteroatoms. The molecule has 0 aliphatic heterocycles. The summed E-state index contributed by atoms with van der Waals surface area (Å²) in [6.07, 6.45) is 8.79. The number of ether oxygens (including phenoxy) is 1. The van der Waals surface area contributed by atoms with Gasteiger partial charge in [0.2, 0.25) is 0 Å². The predicted molar refractivity (Wildman–Crippen MR) is 105 cm³/mol. The van der Waals surface area contributed by atoms with E-state index in [1.807, 2.05) is 48.0 Å². The van der Waals surface area contributed by atoms with Crippen molar-refractivity contribution in [1.29, 1.82) is 0 Å². The van der Waals surface area contributed by atoms with Crippen molar-refractivity contribution in [2.45, 2.75) is 12.5 Å². The molecule has 0 N–H and O–H groups in total. The van der Waals surface area contributed by atoms with Crippen molar-refractivity contribution in [1.82, 2.24) is 19.5 Å². The second kappa shape index (κ2) is 7.05. The molecule has 0 amide bonds. The molecule has 0 spiro atoms. The van der Waals surface area contributed by atoms with Crippen molar-refractivity contribution in [2.75, 3.05) is 0 Å². The molecule has 4 aromatic rings. The number of fused-ring (bicyclic) bond motifs is 1. The van der Waals surface area contributed by atoms with Gasteiger partial charge in [0.1, 0.15) is 11.3 Å². The zero-order valence-corrected chi connectivity index (χ0v) is 16.1. The lowest BCUT2D eigenvalue weighted by atomic mass is 10.1. The van der Waals surface area contributed by atoms with Gasteiger partial charge in [-0.3, -0.25) is 4.98 Å². The zero-order chi connectivity index (χ0) is 18.1. The lowest BCUT2D eigenvalue weighted by Gasteiger charge is -2.17. The van der Waals surface area contributed by atoms with E-state index in [2.05, 4.69) is 30.9 Å². The molecule has 0 radical (unpaired) electrons. The van der Waals surface area contributed by atoms with Gasteiger partial charge in [-0.1, -0.05) is 23.7 Å². The molecule has 0 saturated carbocycles. The number of benzene rings is 1. The monoisotopic (exact) mass is 428 g/mol. The van der Waals surface area contributed by atoms with Crippen molar-refractivity contribution in [3.05, 3.63) is 77.2 Å². The fraction of sp³-hybridized carbons (Fsp3) is 0.105. The van der Waals surface area contributed by atoms with Crippen LogP contribution in [0.25, 0.3) is 16.6 Å². The molecule has 0 saturated heterocycles. The maximum Gasteiger partial charge on any atom is 0.199 e. The summed E-state index contributed by atoms with van der Waals surface area (Å²) in [5.74, 6) is 0.622. The molecule has 0 bridgehead atoms. The van der Waals surface area contributed by atoms with Crippen LogP contribution in [0, 0.1) is 6.92 Å². The number of hydrogen-bond donors (Lipinski definition) is 0. The fourth-order valence-corrected chi connectivity index (χ4v) is 3.66. The smallest absolute Gasteiger partial charge is 0.199 e. The average Bonchev–Trinajstić information content (AvgIpc) is 3.16. The van der Waals surface area contributed by atoms with E-state index in [0.717, 1.165) is 32.3 Å². The summed E-state index contributed by atoms with van der Waals surface area (Å²) in [6, 6.07) is 9.65. The van der Waals surface area contributed by atoms with E-state index < -0.39 is 5.56 Å². The maximum atomic E-state index is 6.50. The highest BCUT2D eigenvalue weighted by Crippen LogP contribution is 2.35. The topological polar surface area (TPSA) is 52.8 Å². The van der Waals surface area contributed by atoms with Crippen LogP contribution in [0.3, 0.4) is 0 Å². The van der Waals surface area contributed by atoms with Crippen LogP contribution in [0.15, 0.2) is 65.9 Å². The molecular weight excluding hydrogens is 416 g/mol. The van der Waals surface area contributed by atoms with E-state index >= 15 is 0 Å². The molecule has 1 atom stereocenters. The van der Waals surface area contributed by atoms with Crippen LogP contribution in [0.5, 0.6) is 5.75 Å². The van der Waals surface area contributed by atoms with Crippen LogP contribution in [0.2, 0.25) is 0 Å². The van der Waals surface area contributed by atoms with Crippen LogP contribution >= 0.6 is 27.5 Å². The summed E-state index contributed by atoms with van der Waals surface area (Å²) in [6.45, 7) is 1.95. The van der Waals surface area contributed by atoms with Crippen LogP contribution in [0.4, 0.5) is 0 Å². The average molecular weight is 430 g/mol. The highest BCUT2D eigenvalue weighted by Gasteiger charge is 2.16. The minimum Gasteiger partial charge on any atom is -0.468 e. The molecule has 130 valence electrons. The number of alkyl halides is 1. The quantitative estimate of drug-likeness (QED) is 0.418. The number of hydrogen-bond acceptors (Lipinski definition) is 4. The first-order chi connectivity index (χ1) is 12.6. The lowest BCUT2D eigenvalue weighted by molar-refractivity contribution is 0.290. The number of aromatic nitrogens is 4. The number of pyridine rings is 2. The summed E-state index contributed by atoms with van der Waals surface area (Å²) < 4.78 is 8.79. The highest BCUT2D eigenvalue weighted by atomic mass is 79.9. The SMILES string of the molecule is Cc1cc(-n2ccnc2)c2cccc(O[C@@H](Cl)c3ccncc3Br)c2n1. The molecule has 3 heterocycles. The Labute approximate surface area is 163 Å². The molecule has 0 unspecified atom stereocenters. The lowest BCUT2D eigenvalue weighted by Crippen LogP contribution is -2.04. The van der Waals surface area contributed by atoms with E-state index in [1.54, 1.807) is 24.9 Å². The third-order valence-electron chi connectivity index (χ3n) is 3.97.